The minimum atomic E-state index is -0.648. The second-order valence-corrected chi connectivity index (χ2v) is 4.34. The molecule has 0 amide bonds. The van der Waals surface area contributed by atoms with Gasteiger partial charge < -0.3 is 14.9 Å². The van der Waals surface area contributed by atoms with Gasteiger partial charge in [-0.25, -0.2) is 0 Å². The van der Waals surface area contributed by atoms with E-state index in [-0.39, 0.29) is 23.2 Å². The smallest absolute Gasteiger partial charge is 0.179 e. The Kier molecular flexibility index (Phi) is 1.94. The number of fused-ring (bicyclic) bond motifs is 2. The lowest BCUT2D eigenvalue weighted by atomic mass is 9.89. The van der Waals surface area contributed by atoms with E-state index in [4.69, 9.17) is 4.74 Å². The maximum absolute atomic E-state index is 12.1. The van der Waals surface area contributed by atoms with Gasteiger partial charge in [0.05, 0.1) is 12.0 Å². The fourth-order valence-corrected chi connectivity index (χ4v) is 2.61. The van der Waals surface area contributed by atoms with Crippen LogP contribution in [0.1, 0.15) is 23.2 Å². The Morgan fingerprint density at radius 1 is 1.31 bits per heavy atom. The van der Waals surface area contributed by atoms with Gasteiger partial charge in [-0.2, -0.15) is 0 Å². The Hall–Kier alpha value is -1.55. The molecule has 2 N–H and O–H groups in total. The van der Waals surface area contributed by atoms with Crippen molar-refractivity contribution in [2.75, 3.05) is 0 Å². The summed E-state index contributed by atoms with van der Waals surface area (Å²) in [5.41, 5.74) is 0.213. The molecule has 1 fully saturated rings. The van der Waals surface area contributed by atoms with Gasteiger partial charge in [0.1, 0.15) is 23.2 Å². The highest BCUT2D eigenvalue weighted by atomic mass is 16.5. The Labute approximate surface area is 92.5 Å². The van der Waals surface area contributed by atoms with Gasteiger partial charge in [-0.1, -0.05) is 6.07 Å². The molecule has 1 saturated carbocycles. The zero-order valence-electron chi connectivity index (χ0n) is 8.59. The SMILES string of the molecule is O=C1c2c(O)cccc2O[C@H]2CC[C@H](O)[C@@H]12. The van der Waals surface area contributed by atoms with Crippen LogP contribution in [0.3, 0.4) is 0 Å². The van der Waals surface area contributed by atoms with Crippen LogP contribution in [0.25, 0.3) is 0 Å². The van der Waals surface area contributed by atoms with E-state index in [0.717, 1.165) is 0 Å². The van der Waals surface area contributed by atoms with Crippen molar-refractivity contribution in [1.82, 2.24) is 0 Å². The number of rotatable bonds is 0. The van der Waals surface area contributed by atoms with E-state index < -0.39 is 12.0 Å². The summed E-state index contributed by atoms with van der Waals surface area (Å²) in [6.07, 6.45) is 0.379. The highest BCUT2D eigenvalue weighted by molar-refractivity contribution is 6.04. The average Bonchev–Trinajstić information content (AvgIpc) is 2.60. The molecule has 1 aliphatic carbocycles. The Balaban J connectivity index is 2.11. The normalized spacial score (nSPS) is 31.8. The average molecular weight is 220 g/mol. The van der Waals surface area contributed by atoms with Crippen molar-refractivity contribution >= 4 is 5.78 Å². The predicted molar refractivity (Wildman–Crippen MR) is 55.6 cm³/mol. The van der Waals surface area contributed by atoms with E-state index in [1.54, 1.807) is 12.1 Å². The number of aliphatic hydroxyl groups excluding tert-OH is 1. The molecule has 0 saturated heterocycles. The predicted octanol–water partition coefficient (Wildman–Crippen LogP) is 1.11. The quantitative estimate of drug-likeness (QED) is 0.687. The number of hydrogen-bond donors (Lipinski definition) is 2. The van der Waals surface area contributed by atoms with E-state index in [1.165, 1.54) is 6.07 Å². The number of carbonyl (C=O) groups is 1. The van der Waals surface area contributed by atoms with Crippen LogP contribution in [0.5, 0.6) is 11.5 Å². The number of aromatic hydroxyl groups is 1. The number of phenols is 1. The Morgan fingerprint density at radius 2 is 2.12 bits per heavy atom. The number of hydrogen-bond acceptors (Lipinski definition) is 4. The molecule has 0 spiro atoms. The molecule has 16 heavy (non-hydrogen) atoms. The molecule has 3 atom stereocenters. The van der Waals surface area contributed by atoms with Crippen LogP contribution < -0.4 is 4.74 Å². The van der Waals surface area contributed by atoms with Crippen LogP contribution in [0.2, 0.25) is 0 Å². The number of carbonyl (C=O) groups excluding carboxylic acids is 1. The van der Waals surface area contributed by atoms with E-state index in [1.807, 2.05) is 0 Å². The summed E-state index contributed by atoms with van der Waals surface area (Å²) in [5.74, 6) is -0.351. The zero-order valence-corrected chi connectivity index (χ0v) is 8.59. The van der Waals surface area contributed by atoms with Gasteiger partial charge in [0.25, 0.3) is 0 Å². The van der Waals surface area contributed by atoms with E-state index in [0.29, 0.717) is 18.6 Å². The van der Waals surface area contributed by atoms with Gasteiger partial charge in [0.15, 0.2) is 5.78 Å². The number of phenolic OH excluding ortho intramolecular Hbond substituents is 1. The molecular weight excluding hydrogens is 208 g/mol. The van der Waals surface area contributed by atoms with Crippen LogP contribution in [-0.2, 0) is 0 Å². The molecular formula is C12H12O4. The highest BCUT2D eigenvalue weighted by Crippen LogP contribution is 2.42. The van der Waals surface area contributed by atoms with Crippen molar-refractivity contribution in [1.29, 1.82) is 0 Å². The van der Waals surface area contributed by atoms with Crippen LogP contribution in [0.15, 0.2) is 18.2 Å². The summed E-state index contributed by atoms with van der Waals surface area (Å²) < 4.78 is 5.64. The molecule has 1 aliphatic heterocycles. The van der Waals surface area contributed by atoms with E-state index in [9.17, 15) is 15.0 Å². The van der Waals surface area contributed by atoms with E-state index in [2.05, 4.69) is 0 Å². The van der Waals surface area contributed by atoms with Gasteiger partial charge in [-0.15, -0.1) is 0 Å². The van der Waals surface area contributed by atoms with Gasteiger partial charge >= 0.3 is 0 Å². The first-order valence-corrected chi connectivity index (χ1v) is 5.39. The maximum atomic E-state index is 12.1. The van der Waals surface area contributed by atoms with Crippen molar-refractivity contribution < 1.29 is 19.7 Å². The summed E-state index contributed by atoms with van der Waals surface area (Å²) in [4.78, 5) is 12.1. The summed E-state index contributed by atoms with van der Waals surface area (Å²) in [6.45, 7) is 0. The lowest BCUT2D eigenvalue weighted by molar-refractivity contribution is 0.0474. The third-order valence-corrected chi connectivity index (χ3v) is 3.39. The minimum Gasteiger partial charge on any atom is -0.507 e. The molecule has 2 aliphatic rings. The summed E-state index contributed by atoms with van der Waals surface area (Å²) in [6, 6.07) is 4.78. The van der Waals surface area contributed by atoms with Crippen molar-refractivity contribution in [2.45, 2.75) is 25.0 Å². The lowest BCUT2D eigenvalue weighted by Gasteiger charge is -2.29. The lowest BCUT2D eigenvalue weighted by Crippen LogP contribution is -2.38. The zero-order chi connectivity index (χ0) is 11.3. The second kappa shape index (κ2) is 3.22. The first-order chi connectivity index (χ1) is 7.68. The van der Waals surface area contributed by atoms with Crippen molar-refractivity contribution in [3.8, 4) is 11.5 Å². The van der Waals surface area contributed by atoms with Gasteiger partial charge in [0, 0.05) is 0 Å². The molecule has 4 nitrogen and oxygen atoms in total. The molecule has 84 valence electrons. The van der Waals surface area contributed by atoms with Crippen molar-refractivity contribution in [3.63, 3.8) is 0 Å². The molecule has 1 aromatic rings. The fourth-order valence-electron chi connectivity index (χ4n) is 2.61. The highest BCUT2D eigenvalue weighted by Gasteiger charge is 2.46. The monoisotopic (exact) mass is 220 g/mol. The first-order valence-electron chi connectivity index (χ1n) is 5.39. The molecule has 0 unspecified atom stereocenters. The van der Waals surface area contributed by atoms with Crippen molar-refractivity contribution in [2.24, 2.45) is 5.92 Å². The molecule has 0 aromatic heterocycles. The third kappa shape index (κ3) is 1.16. The topological polar surface area (TPSA) is 66.8 Å². The van der Waals surface area contributed by atoms with Crippen LogP contribution >= 0.6 is 0 Å². The molecule has 1 heterocycles. The first kappa shape index (κ1) is 9.66. The third-order valence-electron chi connectivity index (χ3n) is 3.39. The second-order valence-electron chi connectivity index (χ2n) is 4.34. The van der Waals surface area contributed by atoms with Crippen LogP contribution in [-0.4, -0.2) is 28.2 Å². The number of ketones is 1. The number of ether oxygens (including phenoxy) is 1. The van der Waals surface area contributed by atoms with E-state index >= 15 is 0 Å². The summed E-state index contributed by atoms with van der Waals surface area (Å²) in [5, 5.41) is 19.4. The minimum absolute atomic E-state index is 0.0694. The largest absolute Gasteiger partial charge is 0.507 e. The molecule has 3 rings (SSSR count). The number of benzene rings is 1. The summed E-state index contributed by atoms with van der Waals surface area (Å²) >= 11 is 0. The standard InChI is InChI=1S/C12H12O4/c13-6-2-1-3-8-10(6)12(15)11-7(14)4-5-9(11)16-8/h1-3,7,9,11,13-14H,4-5H2/t7-,9-,11+/m0/s1. The molecule has 4 heteroatoms. The van der Waals surface area contributed by atoms with Gasteiger partial charge in [-0.3, -0.25) is 4.79 Å². The molecule has 0 bridgehead atoms. The van der Waals surface area contributed by atoms with Gasteiger partial charge in [0.2, 0.25) is 0 Å². The molecule has 0 radical (unpaired) electrons. The summed E-state index contributed by atoms with van der Waals surface area (Å²) in [7, 11) is 0. The van der Waals surface area contributed by atoms with Gasteiger partial charge in [-0.05, 0) is 25.0 Å². The number of Topliss-reactive ketones (excluding diaryl/α,β-unsaturated/α-hetero) is 1. The van der Waals surface area contributed by atoms with Crippen molar-refractivity contribution in [3.05, 3.63) is 23.8 Å². The molecule has 1 aromatic carbocycles. The maximum Gasteiger partial charge on any atom is 0.179 e. The Bertz CT molecular complexity index is 454. The number of aliphatic hydroxyl groups is 1. The van der Waals surface area contributed by atoms with Crippen LogP contribution in [0.4, 0.5) is 0 Å². The van der Waals surface area contributed by atoms with Crippen LogP contribution in [0, 0.1) is 5.92 Å². The fraction of sp³-hybridized carbons (Fsp3) is 0.417. The Morgan fingerprint density at radius 3 is 2.94 bits per heavy atom.